The van der Waals surface area contributed by atoms with Crippen molar-refractivity contribution in [3.05, 3.63) is 0 Å². The summed E-state index contributed by atoms with van der Waals surface area (Å²) in [6, 6.07) is 1.39. The molecule has 0 saturated carbocycles. The van der Waals surface area contributed by atoms with Crippen LogP contribution < -0.4 is 5.32 Å². The Morgan fingerprint density at radius 2 is 2.00 bits per heavy atom. The molecule has 0 spiro atoms. The number of hydrogen-bond acceptors (Lipinski definition) is 2. The highest BCUT2D eigenvalue weighted by atomic mass is 15.2. The average molecular weight is 226 g/mol. The van der Waals surface area contributed by atoms with Crippen molar-refractivity contribution >= 4 is 0 Å². The van der Waals surface area contributed by atoms with E-state index < -0.39 is 0 Å². The Kier molecular flexibility index (Phi) is 4.81. The second-order valence-electron chi connectivity index (χ2n) is 6.58. The number of nitrogens with zero attached hydrogens (tertiary/aromatic N) is 1. The van der Waals surface area contributed by atoms with E-state index >= 15 is 0 Å². The first-order valence-corrected chi connectivity index (χ1v) is 6.82. The summed E-state index contributed by atoms with van der Waals surface area (Å²) in [5.41, 5.74) is 0.423. The van der Waals surface area contributed by atoms with Crippen LogP contribution in [-0.2, 0) is 0 Å². The second kappa shape index (κ2) is 5.50. The lowest BCUT2D eigenvalue weighted by molar-refractivity contribution is 0.0903. The summed E-state index contributed by atoms with van der Waals surface area (Å²) >= 11 is 0. The van der Waals surface area contributed by atoms with E-state index in [-0.39, 0.29) is 0 Å². The third-order valence-corrected chi connectivity index (χ3v) is 4.26. The summed E-state index contributed by atoms with van der Waals surface area (Å²) in [6.45, 7) is 17.7. The monoisotopic (exact) mass is 226 g/mol. The summed E-state index contributed by atoms with van der Waals surface area (Å²) in [5, 5.41) is 3.62. The molecule has 1 N–H and O–H groups in total. The van der Waals surface area contributed by atoms with Crippen LogP contribution >= 0.6 is 0 Å². The number of piperazine rings is 1. The third-order valence-electron chi connectivity index (χ3n) is 4.26. The fraction of sp³-hybridized carbons (Fsp3) is 1.00. The highest BCUT2D eigenvalue weighted by Crippen LogP contribution is 2.27. The maximum absolute atomic E-state index is 3.62. The van der Waals surface area contributed by atoms with Crippen LogP contribution in [0.3, 0.4) is 0 Å². The average Bonchev–Trinajstić information content (AvgIpc) is 2.19. The van der Waals surface area contributed by atoms with Gasteiger partial charge in [-0.1, -0.05) is 34.6 Å². The fourth-order valence-corrected chi connectivity index (χ4v) is 2.15. The molecule has 0 amide bonds. The van der Waals surface area contributed by atoms with E-state index in [2.05, 4.69) is 51.8 Å². The van der Waals surface area contributed by atoms with Gasteiger partial charge in [-0.2, -0.15) is 0 Å². The van der Waals surface area contributed by atoms with Crippen LogP contribution in [0.2, 0.25) is 0 Å². The molecule has 1 saturated heterocycles. The smallest absolute Gasteiger partial charge is 0.0193 e. The summed E-state index contributed by atoms with van der Waals surface area (Å²) in [5.74, 6) is 0.755. The lowest BCUT2D eigenvalue weighted by Gasteiger charge is -2.42. The van der Waals surface area contributed by atoms with Gasteiger partial charge in [0.2, 0.25) is 0 Å². The van der Waals surface area contributed by atoms with E-state index in [9.17, 15) is 0 Å². The summed E-state index contributed by atoms with van der Waals surface area (Å²) < 4.78 is 0. The first-order valence-electron chi connectivity index (χ1n) is 6.82. The van der Waals surface area contributed by atoms with Gasteiger partial charge in [0.15, 0.2) is 0 Å². The van der Waals surface area contributed by atoms with Gasteiger partial charge in [-0.05, 0) is 24.7 Å². The zero-order valence-corrected chi connectivity index (χ0v) is 12.0. The first-order chi connectivity index (χ1) is 7.34. The minimum absolute atomic E-state index is 0.423. The van der Waals surface area contributed by atoms with Crippen LogP contribution in [0.4, 0.5) is 0 Å². The molecule has 1 aliphatic rings. The lowest BCUT2D eigenvalue weighted by Crippen LogP contribution is -2.56. The molecule has 0 radical (unpaired) electrons. The molecule has 1 rings (SSSR count). The van der Waals surface area contributed by atoms with Crippen molar-refractivity contribution < 1.29 is 0 Å². The van der Waals surface area contributed by atoms with Crippen LogP contribution in [0, 0.1) is 11.3 Å². The van der Waals surface area contributed by atoms with Crippen LogP contribution in [0.15, 0.2) is 0 Å². The van der Waals surface area contributed by atoms with Gasteiger partial charge >= 0.3 is 0 Å². The fourth-order valence-electron chi connectivity index (χ4n) is 2.15. The normalized spacial score (nSPS) is 30.4. The summed E-state index contributed by atoms with van der Waals surface area (Å²) in [7, 11) is 0. The highest BCUT2D eigenvalue weighted by molar-refractivity contribution is 4.85. The van der Waals surface area contributed by atoms with Crippen molar-refractivity contribution in [1.82, 2.24) is 10.2 Å². The Hall–Kier alpha value is -0.0800. The molecule has 0 aromatic carbocycles. The number of rotatable bonds is 3. The summed E-state index contributed by atoms with van der Waals surface area (Å²) in [6.07, 6.45) is 1.24. The standard InChI is InChI=1S/C14H30N2/c1-7-13-10-16(12(3)8-15-13)9-11(2)14(4,5)6/h11-13,15H,7-10H2,1-6H3. The van der Waals surface area contributed by atoms with E-state index in [0.29, 0.717) is 17.5 Å². The molecule has 3 atom stereocenters. The first kappa shape index (κ1) is 14.0. The Bertz CT molecular complexity index is 207. The molecular formula is C14H30N2. The van der Waals surface area contributed by atoms with Crippen LogP contribution in [0.5, 0.6) is 0 Å². The maximum Gasteiger partial charge on any atom is 0.0193 e. The zero-order chi connectivity index (χ0) is 12.3. The third kappa shape index (κ3) is 3.74. The Morgan fingerprint density at radius 1 is 1.38 bits per heavy atom. The molecule has 0 bridgehead atoms. The van der Waals surface area contributed by atoms with Crippen molar-refractivity contribution in [2.45, 2.75) is 60.0 Å². The molecular weight excluding hydrogens is 196 g/mol. The Morgan fingerprint density at radius 3 is 2.50 bits per heavy atom. The van der Waals surface area contributed by atoms with E-state index in [0.717, 1.165) is 12.5 Å². The van der Waals surface area contributed by atoms with Crippen LogP contribution in [0.1, 0.15) is 48.0 Å². The molecule has 3 unspecified atom stereocenters. The van der Waals surface area contributed by atoms with Gasteiger partial charge < -0.3 is 5.32 Å². The van der Waals surface area contributed by atoms with Crippen LogP contribution in [-0.4, -0.2) is 36.6 Å². The number of hydrogen-bond donors (Lipinski definition) is 1. The maximum atomic E-state index is 3.62. The molecule has 2 heteroatoms. The van der Waals surface area contributed by atoms with E-state index in [1.54, 1.807) is 0 Å². The Balaban J connectivity index is 2.51. The van der Waals surface area contributed by atoms with Crippen molar-refractivity contribution in [3.8, 4) is 0 Å². The van der Waals surface area contributed by atoms with Crippen molar-refractivity contribution in [3.63, 3.8) is 0 Å². The zero-order valence-electron chi connectivity index (χ0n) is 12.0. The van der Waals surface area contributed by atoms with Crippen molar-refractivity contribution in [1.29, 1.82) is 0 Å². The molecule has 16 heavy (non-hydrogen) atoms. The van der Waals surface area contributed by atoms with Gasteiger partial charge in [-0.15, -0.1) is 0 Å². The molecule has 0 aromatic heterocycles. The Labute approximate surface area is 102 Å². The predicted octanol–water partition coefficient (Wildman–Crippen LogP) is 2.74. The van der Waals surface area contributed by atoms with E-state index in [1.165, 1.54) is 19.5 Å². The van der Waals surface area contributed by atoms with Gasteiger partial charge in [0.05, 0.1) is 0 Å². The SMILES string of the molecule is CCC1CN(CC(C)C(C)(C)C)C(C)CN1. The quantitative estimate of drug-likeness (QED) is 0.796. The molecule has 0 aliphatic carbocycles. The molecule has 1 aliphatic heterocycles. The van der Waals surface area contributed by atoms with Gasteiger partial charge in [0.25, 0.3) is 0 Å². The molecule has 0 aromatic rings. The molecule has 2 nitrogen and oxygen atoms in total. The van der Waals surface area contributed by atoms with Gasteiger partial charge in [-0.3, -0.25) is 4.90 Å². The van der Waals surface area contributed by atoms with Gasteiger partial charge in [0, 0.05) is 31.7 Å². The molecule has 96 valence electrons. The topological polar surface area (TPSA) is 15.3 Å². The minimum Gasteiger partial charge on any atom is -0.311 e. The minimum atomic E-state index is 0.423. The van der Waals surface area contributed by atoms with Crippen LogP contribution in [0.25, 0.3) is 0 Å². The lowest BCUT2D eigenvalue weighted by atomic mass is 9.81. The van der Waals surface area contributed by atoms with Crippen molar-refractivity contribution in [2.24, 2.45) is 11.3 Å². The predicted molar refractivity (Wildman–Crippen MR) is 71.7 cm³/mol. The molecule has 1 fully saturated rings. The largest absolute Gasteiger partial charge is 0.311 e. The van der Waals surface area contributed by atoms with Gasteiger partial charge in [0.1, 0.15) is 0 Å². The second-order valence-corrected chi connectivity index (χ2v) is 6.58. The highest BCUT2D eigenvalue weighted by Gasteiger charge is 2.28. The van der Waals surface area contributed by atoms with E-state index in [4.69, 9.17) is 0 Å². The molecule has 1 heterocycles. The van der Waals surface area contributed by atoms with Crippen molar-refractivity contribution in [2.75, 3.05) is 19.6 Å². The van der Waals surface area contributed by atoms with Gasteiger partial charge in [-0.25, -0.2) is 0 Å². The number of nitrogens with one attached hydrogen (secondary N) is 1. The van der Waals surface area contributed by atoms with E-state index in [1.807, 2.05) is 0 Å². The summed E-state index contributed by atoms with van der Waals surface area (Å²) in [4.78, 5) is 2.67.